The van der Waals surface area contributed by atoms with Crippen molar-refractivity contribution in [1.82, 2.24) is 19.6 Å². The standard InChI is InChI=1S/C20H36N4O8.BrH/c1-20(2,3)32-19(31)15-24-10-8-22(13-17(27)28)6-4-21(12-16(25)26)5-7-23(9-11-24)14-18(29)30;/h4-15H2,1-3H3,(H,25,26)(H,27,28)(H,29,30);1H. The van der Waals surface area contributed by atoms with E-state index in [1.54, 1.807) is 35.5 Å². The molecule has 0 saturated carbocycles. The van der Waals surface area contributed by atoms with Crippen LogP contribution in [-0.2, 0) is 23.9 Å². The molecule has 13 heteroatoms. The number of rotatable bonds is 8. The lowest BCUT2D eigenvalue weighted by molar-refractivity contribution is -0.156. The summed E-state index contributed by atoms with van der Waals surface area (Å²) >= 11 is 0. The van der Waals surface area contributed by atoms with Gasteiger partial charge in [0.15, 0.2) is 0 Å². The molecule has 1 rings (SSSR count). The van der Waals surface area contributed by atoms with Gasteiger partial charge >= 0.3 is 23.9 Å². The van der Waals surface area contributed by atoms with Crippen molar-refractivity contribution in [2.45, 2.75) is 26.4 Å². The molecule has 0 aromatic carbocycles. The predicted octanol–water partition coefficient (Wildman–Crippen LogP) is -0.619. The summed E-state index contributed by atoms with van der Waals surface area (Å²) in [6, 6.07) is 0. The van der Waals surface area contributed by atoms with Gasteiger partial charge in [-0.1, -0.05) is 0 Å². The summed E-state index contributed by atoms with van der Waals surface area (Å²) in [5.74, 6) is -3.40. The molecule has 0 amide bonds. The van der Waals surface area contributed by atoms with Gasteiger partial charge in [-0.05, 0) is 20.8 Å². The molecule has 0 aliphatic carbocycles. The van der Waals surface area contributed by atoms with E-state index in [2.05, 4.69) is 0 Å². The van der Waals surface area contributed by atoms with Crippen LogP contribution in [0.3, 0.4) is 0 Å². The molecule has 12 nitrogen and oxygen atoms in total. The second-order valence-corrected chi connectivity index (χ2v) is 8.87. The summed E-state index contributed by atoms with van der Waals surface area (Å²) < 4.78 is 5.39. The molecule has 0 radical (unpaired) electrons. The number of esters is 1. The zero-order valence-corrected chi connectivity index (χ0v) is 21.3. The number of carboxylic acid groups (broad SMARTS) is 3. The zero-order chi connectivity index (χ0) is 24.3. The van der Waals surface area contributed by atoms with Crippen LogP contribution in [0, 0.1) is 0 Å². The lowest BCUT2D eigenvalue weighted by atomic mass is 10.2. The van der Waals surface area contributed by atoms with E-state index in [1.807, 2.05) is 4.90 Å². The summed E-state index contributed by atoms with van der Waals surface area (Å²) in [5.41, 5.74) is -0.637. The minimum absolute atomic E-state index is 0. The fraction of sp³-hybridized carbons (Fsp3) is 0.800. The first-order chi connectivity index (χ1) is 14.8. The van der Waals surface area contributed by atoms with Gasteiger partial charge in [0.2, 0.25) is 0 Å². The molecule has 192 valence electrons. The average molecular weight is 541 g/mol. The maximum Gasteiger partial charge on any atom is 0.320 e. The van der Waals surface area contributed by atoms with Crippen LogP contribution in [-0.4, -0.2) is 143 Å². The monoisotopic (exact) mass is 540 g/mol. The van der Waals surface area contributed by atoms with Crippen molar-refractivity contribution >= 4 is 40.9 Å². The van der Waals surface area contributed by atoms with Crippen molar-refractivity contribution < 1.29 is 39.2 Å². The van der Waals surface area contributed by atoms with E-state index in [0.717, 1.165) is 0 Å². The number of carbonyl (C=O) groups excluding carboxylic acids is 1. The van der Waals surface area contributed by atoms with E-state index in [0.29, 0.717) is 52.4 Å². The maximum atomic E-state index is 12.3. The summed E-state index contributed by atoms with van der Waals surface area (Å²) in [4.78, 5) is 53.0. The summed E-state index contributed by atoms with van der Waals surface area (Å²) in [6.07, 6.45) is 0. The third kappa shape index (κ3) is 15.6. The number of halogens is 1. The molecule has 0 aromatic rings. The van der Waals surface area contributed by atoms with Gasteiger partial charge in [-0.3, -0.25) is 38.8 Å². The zero-order valence-electron chi connectivity index (χ0n) is 19.6. The van der Waals surface area contributed by atoms with Crippen molar-refractivity contribution in [2.24, 2.45) is 0 Å². The highest BCUT2D eigenvalue weighted by Crippen LogP contribution is 2.08. The molecule has 1 saturated heterocycles. The topological polar surface area (TPSA) is 151 Å². The van der Waals surface area contributed by atoms with Gasteiger partial charge in [0.25, 0.3) is 0 Å². The Balaban J connectivity index is 0.0000102. The van der Waals surface area contributed by atoms with Gasteiger partial charge in [0.05, 0.1) is 26.2 Å². The number of carbonyl (C=O) groups is 4. The smallest absolute Gasteiger partial charge is 0.320 e. The first kappa shape index (κ1) is 31.2. The van der Waals surface area contributed by atoms with Crippen molar-refractivity contribution in [3.8, 4) is 0 Å². The first-order valence-electron chi connectivity index (χ1n) is 10.6. The quantitative estimate of drug-likeness (QED) is 0.336. The molecular formula is C20H37BrN4O8. The molecule has 0 aromatic heterocycles. The molecule has 0 bridgehead atoms. The van der Waals surface area contributed by atoms with Crippen LogP contribution in [0.5, 0.6) is 0 Å². The lowest BCUT2D eigenvalue weighted by Crippen LogP contribution is -2.49. The van der Waals surface area contributed by atoms with Gasteiger partial charge in [0.1, 0.15) is 5.60 Å². The maximum absolute atomic E-state index is 12.3. The highest BCUT2D eigenvalue weighted by molar-refractivity contribution is 8.93. The van der Waals surface area contributed by atoms with E-state index < -0.39 is 29.5 Å². The Morgan fingerprint density at radius 3 is 1.06 bits per heavy atom. The Labute approximate surface area is 204 Å². The first-order valence-corrected chi connectivity index (χ1v) is 10.6. The van der Waals surface area contributed by atoms with Crippen LogP contribution < -0.4 is 0 Å². The molecule has 1 aliphatic heterocycles. The van der Waals surface area contributed by atoms with E-state index >= 15 is 0 Å². The number of carboxylic acids is 3. The summed E-state index contributed by atoms with van der Waals surface area (Å²) in [7, 11) is 0. The molecule has 33 heavy (non-hydrogen) atoms. The molecule has 1 heterocycles. The Morgan fingerprint density at radius 2 is 0.848 bits per heavy atom. The van der Waals surface area contributed by atoms with Crippen molar-refractivity contribution in [3.05, 3.63) is 0 Å². The Morgan fingerprint density at radius 1 is 0.606 bits per heavy atom. The summed E-state index contributed by atoms with van der Waals surface area (Å²) in [5, 5.41) is 27.6. The normalized spacial score (nSPS) is 18.4. The fourth-order valence-electron chi connectivity index (χ4n) is 3.34. The molecular weight excluding hydrogens is 504 g/mol. The number of aliphatic carboxylic acids is 3. The molecule has 1 fully saturated rings. The van der Waals surface area contributed by atoms with Gasteiger partial charge < -0.3 is 20.1 Å². The predicted molar refractivity (Wildman–Crippen MR) is 125 cm³/mol. The SMILES string of the molecule is Br.CC(C)(C)OC(=O)CN1CCN(CC(=O)O)CCN(CC(=O)O)CCN(CC(=O)O)CC1. The highest BCUT2D eigenvalue weighted by atomic mass is 79.9. The van der Waals surface area contributed by atoms with Gasteiger partial charge in [-0.2, -0.15) is 0 Å². The number of ether oxygens (including phenoxy) is 1. The van der Waals surface area contributed by atoms with Crippen LogP contribution in [0.4, 0.5) is 0 Å². The Bertz CT molecular complexity index is 626. The molecule has 1 aliphatic rings. The molecule has 0 unspecified atom stereocenters. The lowest BCUT2D eigenvalue weighted by Gasteiger charge is -2.33. The van der Waals surface area contributed by atoms with Crippen molar-refractivity contribution in [3.63, 3.8) is 0 Å². The third-order valence-electron chi connectivity index (χ3n) is 4.78. The van der Waals surface area contributed by atoms with E-state index in [9.17, 15) is 29.4 Å². The number of hydrogen-bond acceptors (Lipinski definition) is 9. The van der Waals surface area contributed by atoms with Crippen LogP contribution in [0.25, 0.3) is 0 Å². The second-order valence-electron chi connectivity index (χ2n) is 8.87. The number of nitrogens with zero attached hydrogens (tertiary/aromatic N) is 4. The molecule has 0 atom stereocenters. The van der Waals surface area contributed by atoms with Crippen molar-refractivity contribution in [2.75, 3.05) is 78.5 Å². The van der Waals surface area contributed by atoms with E-state index in [-0.39, 0.29) is 43.2 Å². The third-order valence-corrected chi connectivity index (χ3v) is 4.78. The Kier molecular flexibility index (Phi) is 14.3. The van der Waals surface area contributed by atoms with Gasteiger partial charge in [-0.25, -0.2) is 0 Å². The average Bonchev–Trinajstić information content (AvgIpc) is 2.61. The minimum Gasteiger partial charge on any atom is -0.480 e. The van der Waals surface area contributed by atoms with Gasteiger partial charge in [-0.15, -0.1) is 17.0 Å². The van der Waals surface area contributed by atoms with Crippen LogP contribution in [0.1, 0.15) is 20.8 Å². The fourth-order valence-corrected chi connectivity index (χ4v) is 3.34. The summed E-state index contributed by atoms with van der Waals surface area (Å²) in [6.45, 7) is 7.49. The minimum atomic E-state index is -1.00. The second kappa shape index (κ2) is 15.2. The van der Waals surface area contributed by atoms with Crippen LogP contribution in [0.2, 0.25) is 0 Å². The van der Waals surface area contributed by atoms with E-state index in [1.165, 1.54) is 0 Å². The van der Waals surface area contributed by atoms with Crippen LogP contribution in [0.15, 0.2) is 0 Å². The van der Waals surface area contributed by atoms with Gasteiger partial charge in [0, 0.05) is 52.4 Å². The van der Waals surface area contributed by atoms with E-state index in [4.69, 9.17) is 9.84 Å². The molecule has 0 spiro atoms. The Hall–Kier alpha value is -1.80. The largest absolute Gasteiger partial charge is 0.480 e. The molecule has 3 N–H and O–H groups in total. The highest BCUT2D eigenvalue weighted by Gasteiger charge is 2.23. The van der Waals surface area contributed by atoms with Crippen molar-refractivity contribution in [1.29, 1.82) is 0 Å². The van der Waals surface area contributed by atoms with Crippen LogP contribution >= 0.6 is 17.0 Å². The number of hydrogen-bond donors (Lipinski definition) is 3.